The van der Waals surface area contributed by atoms with Gasteiger partial charge in [0.1, 0.15) is 5.75 Å². The van der Waals surface area contributed by atoms with E-state index in [1.165, 1.54) is 25.9 Å². The van der Waals surface area contributed by atoms with Gasteiger partial charge in [0, 0.05) is 6.54 Å². The predicted octanol–water partition coefficient (Wildman–Crippen LogP) is 2.30. The fraction of sp³-hybridized carbons (Fsp3) is 0.588. The molecule has 1 heterocycles. The Bertz CT molecular complexity index is 428. The molecular weight excluding hydrogens is 264 g/mol. The van der Waals surface area contributed by atoms with Gasteiger partial charge in [0.05, 0.1) is 0 Å². The zero-order chi connectivity index (χ0) is 15.1. The zero-order valence-corrected chi connectivity index (χ0v) is 13.0. The first-order chi connectivity index (χ1) is 10.1. The van der Waals surface area contributed by atoms with Crippen LogP contribution in [0.1, 0.15) is 26.2 Å². The summed E-state index contributed by atoms with van der Waals surface area (Å²) in [5.41, 5.74) is 0. The summed E-state index contributed by atoms with van der Waals surface area (Å²) in [5, 5.41) is 2.98. The van der Waals surface area contributed by atoms with Gasteiger partial charge < -0.3 is 15.0 Å². The van der Waals surface area contributed by atoms with Crippen LogP contribution in [0.15, 0.2) is 30.3 Å². The number of likely N-dealkylation sites (tertiary alicyclic amines) is 1. The summed E-state index contributed by atoms with van der Waals surface area (Å²) in [5.74, 6) is 1.44. The van der Waals surface area contributed by atoms with Crippen LogP contribution in [0.25, 0.3) is 0 Å². The highest BCUT2D eigenvalue weighted by Crippen LogP contribution is 2.18. The van der Waals surface area contributed by atoms with Crippen molar-refractivity contribution in [3.8, 4) is 5.75 Å². The van der Waals surface area contributed by atoms with Crippen molar-refractivity contribution in [3.63, 3.8) is 0 Å². The molecule has 1 saturated heterocycles. The average Bonchev–Trinajstić information content (AvgIpc) is 2.50. The van der Waals surface area contributed by atoms with E-state index in [1.54, 1.807) is 6.92 Å². The van der Waals surface area contributed by atoms with Crippen LogP contribution in [0.5, 0.6) is 5.75 Å². The highest BCUT2D eigenvalue weighted by molar-refractivity contribution is 5.80. The van der Waals surface area contributed by atoms with Gasteiger partial charge in [0.15, 0.2) is 6.10 Å². The van der Waals surface area contributed by atoms with Crippen LogP contribution in [0.4, 0.5) is 0 Å². The van der Waals surface area contributed by atoms with Gasteiger partial charge in [-0.05, 0) is 64.4 Å². The number of hydrogen-bond donors (Lipinski definition) is 1. The van der Waals surface area contributed by atoms with E-state index in [1.807, 2.05) is 30.3 Å². The summed E-state index contributed by atoms with van der Waals surface area (Å²) in [6.07, 6.45) is 3.09. The van der Waals surface area contributed by atoms with Crippen molar-refractivity contribution in [2.24, 2.45) is 5.92 Å². The molecule has 0 spiro atoms. The van der Waals surface area contributed by atoms with Gasteiger partial charge in [-0.1, -0.05) is 18.2 Å². The third-order valence-electron chi connectivity index (χ3n) is 4.12. The van der Waals surface area contributed by atoms with E-state index >= 15 is 0 Å². The topological polar surface area (TPSA) is 41.6 Å². The van der Waals surface area contributed by atoms with Gasteiger partial charge in [-0.3, -0.25) is 4.79 Å². The van der Waals surface area contributed by atoms with Crippen molar-refractivity contribution in [3.05, 3.63) is 30.3 Å². The first kappa shape index (κ1) is 15.8. The van der Waals surface area contributed by atoms with Crippen LogP contribution in [0.2, 0.25) is 0 Å². The molecule has 0 aliphatic carbocycles. The summed E-state index contributed by atoms with van der Waals surface area (Å²) in [6, 6.07) is 9.46. The molecule has 1 atom stereocenters. The molecule has 4 nitrogen and oxygen atoms in total. The smallest absolute Gasteiger partial charge is 0.260 e. The van der Waals surface area contributed by atoms with Crippen molar-refractivity contribution in [1.29, 1.82) is 0 Å². The van der Waals surface area contributed by atoms with Gasteiger partial charge in [0.25, 0.3) is 5.91 Å². The number of hydrogen-bond acceptors (Lipinski definition) is 3. The Hall–Kier alpha value is -1.55. The second-order valence-corrected chi connectivity index (χ2v) is 5.90. The van der Waals surface area contributed by atoms with E-state index in [9.17, 15) is 4.79 Å². The van der Waals surface area contributed by atoms with Gasteiger partial charge in [0.2, 0.25) is 0 Å². The molecule has 0 radical (unpaired) electrons. The Morgan fingerprint density at radius 2 is 2.00 bits per heavy atom. The molecule has 21 heavy (non-hydrogen) atoms. The molecule has 1 fully saturated rings. The Kier molecular flexibility index (Phi) is 6.05. The Balaban J connectivity index is 1.65. The lowest BCUT2D eigenvalue weighted by atomic mass is 9.94. The van der Waals surface area contributed by atoms with Gasteiger partial charge in [-0.25, -0.2) is 0 Å². The number of nitrogens with one attached hydrogen (secondary N) is 1. The summed E-state index contributed by atoms with van der Waals surface area (Å²) < 4.78 is 5.61. The van der Waals surface area contributed by atoms with Crippen molar-refractivity contribution < 1.29 is 9.53 Å². The van der Waals surface area contributed by atoms with Crippen LogP contribution >= 0.6 is 0 Å². The second-order valence-electron chi connectivity index (χ2n) is 5.90. The maximum Gasteiger partial charge on any atom is 0.260 e. The number of rotatable bonds is 6. The summed E-state index contributed by atoms with van der Waals surface area (Å²) in [4.78, 5) is 14.4. The van der Waals surface area contributed by atoms with Crippen LogP contribution in [0, 0.1) is 5.92 Å². The molecule has 4 heteroatoms. The van der Waals surface area contributed by atoms with Gasteiger partial charge in [-0.15, -0.1) is 0 Å². The van der Waals surface area contributed by atoms with E-state index in [4.69, 9.17) is 4.74 Å². The molecule has 0 aromatic heterocycles. The molecule has 1 aliphatic heterocycles. The highest BCUT2D eigenvalue weighted by Gasteiger charge is 2.18. The SMILES string of the molecule is C[C@H](Oc1ccccc1)C(=O)NCCC1CCN(C)CC1. The number of amides is 1. The molecule has 0 bridgehead atoms. The molecule has 0 saturated carbocycles. The molecule has 2 rings (SSSR count). The lowest BCUT2D eigenvalue weighted by Gasteiger charge is -2.29. The van der Waals surface area contributed by atoms with Gasteiger partial charge in [-0.2, -0.15) is 0 Å². The Labute approximate surface area is 127 Å². The first-order valence-corrected chi connectivity index (χ1v) is 7.83. The number of ether oxygens (including phenoxy) is 1. The van der Waals surface area contributed by atoms with Crippen molar-refractivity contribution >= 4 is 5.91 Å². The lowest BCUT2D eigenvalue weighted by Crippen LogP contribution is -2.38. The second kappa shape index (κ2) is 8.03. The molecule has 0 unspecified atom stereocenters. The Morgan fingerprint density at radius 3 is 2.67 bits per heavy atom. The normalized spacial score (nSPS) is 18.2. The van der Waals surface area contributed by atoms with Gasteiger partial charge >= 0.3 is 0 Å². The minimum absolute atomic E-state index is 0.0354. The number of para-hydroxylation sites is 1. The maximum atomic E-state index is 12.0. The maximum absolute atomic E-state index is 12.0. The quantitative estimate of drug-likeness (QED) is 0.874. The van der Waals surface area contributed by atoms with Crippen molar-refractivity contribution in [1.82, 2.24) is 10.2 Å². The third kappa shape index (κ3) is 5.38. The molecule has 1 aromatic rings. The molecule has 1 aromatic carbocycles. The highest BCUT2D eigenvalue weighted by atomic mass is 16.5. The number of piperidine rings is 1. The Morgan fingerprint density at radius 1 is 1.33 bits per heavy atom. The van der Waals surface area contributed by atoms with Crippen LogP contribution in [0.3, 0.4) is 0 Å². The summed E-state index contributed by atoms with van der Waals surface area (Å²) in [6.45, 7) is 4.88. The molecular formula is C17H26N2O2. The molecule has 116 valence electrons. The standard InChI is InChI=1S/C17H26N2O2/c1-14(21-16-6-4-3-5-7-16)17(20)18-11-8-15-9-12-19(2)13-10-15/h3-7,14-15H,8-13H2,1-2H3,(H,18,20)/t14-/m0/s1. The van der Waals surface area contributed by atoms with Crippen LogP contribution in [-0.2, 0) is 4.79 Å². The summed E-state index contributed by atoms with van der Waals surface area (Å²) >= 11 is 0. The molecule has 1 amide bonds. The van der Waals surface area contributed by atoms with E-state index in [-0.39, 0.29) is 5.91 Å². The number of nitrogens with zero attached hydrogens (tertiary/aromatic N) is 1. The fourth-order valence-corrected chi connectivity index (χ4v) is 2.65. The van der Waals surface area contributed by atoms with E-state index < -0.39 is 6.10 Å². The van der Waals surface area contributed by atoms with Crippen molar-refractivity contribution in [2.75, 3.05) is 26.7 Å². The minimum Gasteiger partial charge on any atom is -0.481 e. The van der Waals surface area contributed by atoms with E-state index in [0.29, 0.717) is 0 Å². The zero-order valence-electron chi connectivity index (χ0n) is 13.0. The van der Waals surface area contributed by atoms with Crippen molar-refractivity contribution in [2.45, 2.75) is 32.3 Å². The lowest BCUT2D eigenvalue weighted by molar-refractivity contribution is -0.127. The van der Waals surface area contributed by atoms with E-state index in [2.05, 4.69) is 17.3 Å². The van der Waals surface area contributed by atoms with Crippen LogP contribution in [-0.4, -0.2) is 43.6 Å². The third-order valence-corrected chi connectivity index (χ3v) is 4.12. The predicted molar refractivity (Wildman–Crippen MR) is 84.4 cm³/mol. The monoisotopic (exact) mass is 290 g/mol. The molecule has 1 N–H and O–H groups in total. The first-order valence-electron chi connectivity index (χ1n) is 7.83. The largest absolute Gasteiger partial charge is 0.481 e. The number of benzene rings is 1. The number of carbonyl (C=O) groups is 1. The number of carbonyl (C=O) groups excluding carboxylic acids is 1. The average molecular weight is 290 g/mol. The summed E-state index contributed by atoms with van der Waals surface area (Å²) in [7, 11) is 2.17. The minimum atomic E-state index is -0.454. The van der Waals surface area contributed by atoms with E-state index in [0.717, 1.165) is 24.6 Å². The van der Waals surface area contributed by atoms with Crippen LogP contribution < -0.4 is 10.1 Å². The molecule has 1 aliphatic rings. The fourth-order valence-electron chi connectivity index (χ4n) is 2.65.